The fourth-order valence-electron chi connectivity index (χ4n) is 1.60. The van der Waals surface area contributed by atoms with Crippen LogP contribution in [0.1, 0.15) is 26.3 Å². The molecule has 0 fully saturated rings. The van der Waals surface area contributed by atoms with Crippen molar-refractivity contribution in [2.45, 2.75) is 38.8 Å². The van der Waals surface area contributed by atoms with E-state index in [2.05, 4.69) is 28.1 Å². The Hall–Kier alpha value is -0.380. The first-order valence-corrected chi connectivity index (χ1v) is 6.39. The maximum absolute atomic E-state index is 6.17. The standard InChI is InChI=1S/C13H20BrNO/c1-4-16-13(2,3)12(15)9-10-5-7-11(14)8-6-10/h5-8,12H,4,9,15H2,1-3H3. The SMILES string of the molecule is CCOC(C)(C)C(N)Cc1ccc(Br)cc1. The Bertz CT molecular complexity index is 321. The van der Waals surface area contributed by atoms with Gasteiger partial charge in [0.15, 0.2) is 0 Å². The summed E-state index contributed by atoms with van der Waals surface area (Å²) in [6.07, 6.45) is 0.834. The first-order valence-electron chi connectivity index (χ1n) is 5.59. The van der Waals surface area contributed by atoms with Gasteiger partial charge in [0, 0.05) is 17.1 Å². The maximum Gasteiger partial charge on any atom is 0.0779 e. The Kier molecular flexibility index (Phi) is 4.96. The topological polar surface area (TPSA) is 35.2 Å². The van der Waals surface area contributed by atoms with Gasteiger partial charge in [0.2, 0.25) is 0 Å². The molecule has 0 saturated carbocycles. The van der Waals surface area contributed by atoms with Crippen molar-refractivity contribution in [1.29, 1.82) is 0 Å². The fraction of sp³-hybridized carbons (Fsp3) is 0.538. The number of hydrogen-bond acceptors (Lipinski definition) is 2. The fourth-order valence-corrected chi connectivity index (χ4v) is 1.86. The summed E-state index contributed by atoms with van der Waals surface area (Å²) in [5.41, 5.74) is 7.13. The molecule has 90 valence electrons. The van der Waals surface area contributed by atoms with E-state index in [0.29, 0.717) is 6.61 Å². The summed E-state index contributed by atoms with van der Waals surface area (Å²) in [7, 11) is 0. The van der Waals surface area contributed by atoms with Crippen molar-refractivity contribution >= 4 is 15.9 Å². The highest BCUT2D eigenvalue weighted by Crippen LogP contribution is 2.18. The molecule has 1 rings (SSSR count). The van der Waals surface area contributed by atoms with Crippen molar-refractivity contribution < 1.29 is 4.74 Å². The van der Waals surface area contributed by atoms with E-state index in [9.17, 15) is 0 Å². The molecule has 0 heterocycles. The van der Waals surface area contributed by atoms with Crippen LogP contribution >= 0.6 is 15.9 Å². The van der Waals surface area contributed by atoms with Crippen molar-refractivity contribution in [2.24, 2.45) is 5.73 Å². The third-order valence-electron chi connectivity index (χ3n) is 2.78. The first-order chi connectivity index (χ1) is 7.45. The van der Waals surface area contributed by atoms with Crippen molar-refractivity contribution in [2.75, 3.05) is 6.61 Å². The van der Waals surface area contributed by atoms with Crippen molar-refractivity contribution in [3.63, 3.8) is 0 Å². The zero-order valence-electron chi connectivity index (χ0n) is 10.2. The van der Waals surface area contributed by atoms with E-state index in [-0.39, 0.29) is 11.6 Å². The summed E-state index contributed by atoms with van der Waals surface area (Å²) in [6, 6.07) is 8.26. The van der Waals surface area contributed by atoms with Crippen LogP contribution in [0.5, 0.6) is 0 Å². The molecule has 0 aliphatic rings. The van der Waals surface area contributed by atoms with Crippen molar-refractivity contribution in [3.8, 4) is 0 Å². The molecule has 0 spiro atoms. The van der Waals surface area contributed by atoms with Crippen LogP contribution in [-0.4, -0.2) is 18.2 Å². The molecule has 0 radical (unpaired) electrons. The van der Waals surface area contributed by atoms with Gasteiger partial charge in [-0.25, -0.2) is 0 Å². The number of halogens is 1. The second kappa shape index (κ2) is 5.80. The lowest BCUT2D eigenvalue weighted by Crippen LogP contribution is -2.46. The van der Waals surface area contributed by atoms with Crippen LogP contribution in [0, 0.1) is 0 Å². The van der Waals surface area contributed by atoms with Crippen molar-refractivity contribution in [1.82, 2.24) is 0 Å². The molecular formula is C13H20BrNO. The Balaban J connectivity index is 2.63. The van der Waals surface area contributed by atoms with E-state index in [0.717, 1.165) is 10.9 Å². The van der Waals surface area contributed by atoms with Gasteiger partial charge in [-0.1, -0.05) is 28.1 Å². The smallest absolute Gasteiger partial charge is 0.0779 e. The van der Waals surface area contributed by atoms with E-state index in [1.165, 1.54) is 5.56 Å². The van der Waals surface area contributed by atoms with Crippen LogP contribution in [0.25, 0.3) is 0 Å². The highest BCUT2D eigenvalue weighted by molar-refractivity contribution is 9.10. The van der Waals surface area contributed by atoms with Gasteiger partial charge < -0.3 is 10.5 Å². The number of rotatable bonds is 5. The third-order valence-corrected chi connectivity index (χ3v) is 3.31. The molecule has 0 amide bonds. The van der Waals surface area contributed by atoms with Crippen LogP contribution in [-0.2, 0) is 11.2 Å². The summed E-state index contributed by atoms with van der Waals surface area (Å²) < 4.78 is 6.74. The molecule has 0 saturated heterocycles. The first kappa shape index (κ1) is 13.7. The normalized spacial score (nSPS) is 13.8. The zero-order valence-corrected chi connectivity index (χ0v) is 11.8. The molecule has 0 aromatic heterocycles. The minimum atomic E-state index is -0.276. The molecule has 2 N–H and O–H groups in total. The Morgan fingerprint density at radius 3 is 2.38 bits per heavy atom. The molecule has 1 aromatic rings. The number of benzene rings is 1. The van der Waals surface area contributed by atoms with E-state index in [1.807, 2.05) is 32.9 Å². The molecule has 1 unspecified atom stereocenters. The number of nitrogens with two attached hydrogens (primary N) is 1. The van der Waals surface area contributed by atoms with Gasteiger partial charge in [-0.15, -0.1) is 0 Å². The lowest BCUT2D eigenvalue weighted by Gasteiger charge is -2.31. The molecule has 16 heavy (non-hydrogen) atoms. The van der Waals surface area contributed by atoms with Crippen LogP contribution in [0.15, 0.2) is 28.7 Å². The van der Waals surface area contributed by atoms with Gasteiger partial charge >= 0.3 is 0 Å². The molecule has 0 bridgehead atoms. The minimum absolute atomic E-state index is 0.00799. The Morgan fingerprint density at radius 2 is 1.88 bits per heavy atom. The third kappa shape index (κ3) is 3.89. The summed E-state index contributed by atoms with van der Waals surface area (Å²) in [4.78, 5) is 0. The summed E-state index contributed by atoms with van der Waals surface area (Å²) >= 11 is 3.42. The van der Waals surface area contributed by atoms with Crippen molar-refractivity contribution in [3.05, 3.63) is 34.3 Å². The predicted octanol–water partition coefficient (Wildman–Crippen LogP) is 3.13. The average molecular weight is 286 g/mol. The zero-order chi connectivity index (χ0) is 12.2. The lowest BCUT2D eigenvalue weighted by atomic mass is 9.93. The Morgan fingerprint density at radius 1 is 1.31 bits per heavy atom. The predicted molar refractivity (Wildman–Crippen MR) is 71.5 cm³/mol. The van der Waals surface area contributed by atoms with Crippen LogP contribution in [0.4, 0.5) is 0 Å². The summed E-state index contributed by atoms with van der Waals surface area (Å²) in [5, 5.41) is 0. The largest absolute Gasteiger partial charge is 0.374 e. The monoisotopic (exact) mass is 285 g/mol. The second-order valence-corrected chi connectivity index (χ2v) is 5.39. The van der Waals surface area contributed by atoms with E-state index < -0.39 is 0 Å². The van der Waals surface area contributed by atoms with Crippen LogP contribution in [0.3, 0.4) is 0 Å². The van der Waals surface area contributed by atoms with Gasteiger partial charge in [0.05, 0.1) is 5.60 Å². The Labute approximate surface area is 106 Å². The number of ether oxygens (including phenoxy) is 1. The highest BCUT2D eigenvalue weighted by Gasteiger charge is 2.26. The molecule has 2 nitrogen and oxygen atoms in total. The summed E-state index contributed by atoms with van der Waals surface area (Å²) in [6.45, 7) is 6.77. The molecule has 1 atom stereocenters. The van der Waals surface area contributed by atoms with Crippen LogP contribution < -0.4 is 5.73 Å². The van der Waals surface area contributed by atoms with E-state index in [4.69, 9.17) is 10.5 Å². The lowest BCUT2D eigenvalue weighted by molar-refractivity contribution is -0.0288. The molecule has 0 aliphatic carbocycles. The summed E-state index contributed by atoms with van der Waals surface area (Å²) in [5.74, 6) is 0. The molecular weight excluding hydrogens is 266 g/mol. The van der Waals surface area contributed by atoms with Crippen LogP contribution in [0.2, 0.25) is 0 Å². The molecule has 3 heteroatoms. The average Bonchev–Trinajstić information content (AvgIpc) is 2.21. The van der Waals surface area contributed by atoms with Gasteiger partial charge in [-0.3, -0.25) is 0 Å². The molecule has 0 aliphatic heterocycles. The number of hydrogen-bond donors (Lipinski definition) is 1. The van der Waals surface area contributed by atoms with E-state index >= 15 is 0 Å². The minimum Gasteiger partial charge on any atom is -0.374 e. The van der Waals surface area contributed by atoms with E-state index in [1.54, 1.807) is 0 Å². The quantitative estimate of drug-likeness (QED) is 0.902. The maximum atomic E-state index is 6.17. The van der Waals surface area contributed by atoms with Gasteiger partial charge in [0.1, 0.15) is 0 Å². The van der Waals surface area contributed by atoms with Gasteiger partial charge in [-0.05, 0) is 44.9 Å². The van der Waals surface area contributed by atoms with Gasteiger partial charge in [-0.2, -0.15) is 0 Å². The van der Waals surface area contributed by atoms with Gasteiger partial charge in [0.25, 0.3) is 0 Å². The molecule has 1 aromatic carbocycles. The highest BCUT2D eigenvalue weighted by atomic mass is 79.9. The second-order valence-electron chi connectivity index (χ2n) is 4.47.